The lowest BCUT2D eigenvalue weighted by Gasteiger charge is -2.19. The first-order valence-electron chi connectivity index (χ1n) is 9.32. The Balaban J connectivity index is 2.25. The molecule has 6 nitrogen and oxygen atoms in total. The van der Waals surface area contributed by atoms with Crippen molar-refractivity contribution in [1.29, 1.82) is 0 Å². The van der Waals surface area contributed by atoms with Gasteiger partial charge in [-0.3, -0.25) is 4.79 Å². The molecule has 0 fully saturated rings. The van der Waals surface area contributed by atoms with Crippen molar-refractivity contribution in [2.45, 2.75) is 51.5 Å². The van der Waals surface area contributed by atoms with Crippen LogP contribution in [-0.4, -0.2) is 27.5 Å². The number of rotatable bonds is 8. The minimum absolute atomic E-state index is 0.0119. The van der Waals surface area contributed by atoms with E-state index in [0.29, 0.717) is 0 Å². The summed E-state index contributed by atoms with van der Waals surface area (Å²) in [6.45, 7) is 7.35. The topological polar surface area (TPSA) is 84.5 Å². The Morgan fingerprint density at radius 2 is 1.71 bits per heavy atom. The van der Waals surface area contributed by atoms with Gasteiger partial charge >= 0.3 is 0 Å². The molecule has 1 amide bonds. The van der Waals surface area contributed by atoms with Gasteiger partial charge in [0.05, 0.1) is 13.2 Å². The van der Waals surface area contributed by atoms with Crippen molar-refractivity contribution in [1.82, 2.24) is 4.72 Å². The fraction of sp³-hybridized carbons (Fsp3) is 0.381. The molecule has 0 radical (unpaired) electrons. The highest BCUT2D eigenvalue weighted by Crippen LogP contribution is 2.25. The predicted molar refractivity (Wildman–Crippen MR) is 111 cm³/mol. The number of sulfonamides is 1. The molecule has 2 aromatic rings. The molecule has 152 valence electrons. The van der Waals surface area contributed by atoms with E-state index in [1.807, 2.05) is 32.0 Å². The fourth-order valence-corrected chi connectivity index (χ4v) is 4.43. The number of hydrogen-bond donors (Lipinski definition) is 2. The summed E-state index contributed by atoms with van der Waals surface area (Å²) in [6.07, 6.45) is 1.54. The molecule has 2 aromatic carbocycles. The number of ether oxygens (including phenoxy) is 1. The lowest BCUT2D eigenvalue weighted by atomic mass is 10.0. The molecule has 7 heteroatoms. The standard InChI is InChI=1S/C21H28N2O4S/c1-6-16-9-8-10-17(7-2)20(16)22-21(24)15(4)23-28(25,26)19-13-14(3)11-12-18(19)27-5/h8-13,15,23H,6-7H2,1-5H3,(H,22,24)/t15-/m1/s1. The van der Waals surface area contributed by atoms with E-state index in [1.165, 1.54) is 20.1 Å². The average molecular weight is 405 g/mol. The van der Waals surface area contributed by atoms with Crippen LogP contribution in [0.4, 0.5) is 5.69 Å². The summed E-state index contributed by atoms with van der Waals surface area (Å²) < 4.78 is 33.2. The van der Waals surface area contributed by atoms with Crippen LogP contribution in [0.3, 0.4) is 0 Å². The molecule has 0 aliphatic carbocycles. The van der Waals surface area contributed by atoms with Gasteiger partial charge in [0.15, 0.2) is 0 Å². The van der Waals surface area contributed by atoms with Gasteiger partial charge in [0.1, 0.15) is 10.6 Å². The van der Waals surface area contributed by atoms with Crippen LogP contribution in [0.2, 0.25) is 0 Å². The van der Waals surface area contributed by atoms with E-state index in [-0.39, 0.29) is 10.6 Å². The fourth-order valence-electron chi connectivity index (χ4n) is 2.98. The number of benzene rings is 2. The molecule has 0 unspecified atom stereocenters. The molecular formula is C21H28N2O4S. The van der Waals surface area contributed by atoms with E-state index >= 15 is 0 Å². The van der Waals surface area contributed by atoms with Gasteiger partial charge in [-0.1, -0.05) is 38.1 Å². The molecule has 0 bridgehead atoms. The van der Waals surface area contributed by atoms with Gasteiger partial charge < -0.3 is 10.1 Å². The van der Waals surface area contributed by atoms with Crippen molar-refractivity contribution in [3.8, 4) is 5.75 Å². The molecule has 0 aliphatic heterocycles. The van der Waals surface area contributed by atoms with Crippen molar-refractivity contribution in [3.63, 3.8) is 0 Å². The van der Waals surface area contributed by atoms with Gasteiger partial charge in [-0.05, 0) is 55.5 Å². The van der Waals surface area contributed by atoms with Crippen molar-refractivity contribution in [2.24, 2.45) is 0 Å². The first kappa shape index (κ1) is 21.9. The van der Waals surface area contributed by atoms with Crippen molar-refractivity contribution in [3.05, 3.63) is 53.1 Å². The molecule has 2 rings (SSSR count). The van der Waals surface area contributed by atoms with Gasteiger partial charge in [-0.15, -0.1) is 0 Å². The minimum Gasteiger partial charge on any atom is -0.495 e. The maximum absolute atomic E-state index is 12.8. The summed E-state index contributed by atoms with van der Waals surface area (Å²) in [5.41, 5.74) is 3.57. The number of nitrogens with one attached hydrogen (secondary N) is 2. The van der Waals surface area contributed by atoms with Gasteiger partial charge in [0.25, 0.3) is 0 Å². The number of methoxy groups -OCH3 is 1. The molecule has 0 saturated carbocycles. The number of para-hydroxylation sites is 1. The summed E-state index contributed by atoms with van der Waals surface area (Å²) in [5, 5.41) is 2.90. The van der Waals surface area contributed by atoms with Crippen LogP contribution in [0.25, 0.3) is 0 Å². The summed E-state index contributed by atoms with van der Waals surface area (Å²) >= 11 is 0. The van der Waals surface area contributed by atoms with Crippen LogP contribution in [-0.2, 0) is 27.7 Å². The first-order chi connectivity index (χ1) is 13.2. The Labute approximate surface area is 167 Å². The molecule has 0 spiro atoms. The second-order valence-electron chi connectivity index (χ2n) is 6.64. The second kappa shape index (κ2) is 9.21. The highest BCUT2D eigenvalue weighted by molar-refractivity contribution is 7.89. The smallest absolute Gasteiger partial charge is 0.244 e. The minimum atomic E-state index is -3.93. The Morgan fingerprint density at radius 3 is 2.25 bits per heavy atom. The largest absolute Gasteiger partial charge is 0.495 e. The zero-order valence-electron chi connectivity index (χ0n) is 17.0. The monoisotopic (exact) mass is 404 g/mol. The molecule has 0 aliphatic rings. The van der Waals surface area contributed by atoms with Crippen LogP contribution in [0.5, 0.6) is 5.75 Å². The van der Waals surface area contributed by atoms with Crippen molar-refractivity contribution < 1.29 is 17.9 Å². The summed E-state index contributed by atoms with van der Waals surface area (Å²) in [4.78, 5) is 12.7. The number of hydrogen-bond acceptors (Lipinski definition) is 4. The van der Waals surface area contributed by atoms with E-state index < -0.39 is 22.0 Å². The summed E-state index contributed by atoms with van der Waals surface area (Å²) in [7, 11) is -2.52. The maximum Gasteiger partial charge on any atom is 0.244 e. The number of amides is 1. The Morgan fingerprint density at radius 1 is 1.11 bits per heavy atom. The van der Waals surface area contributed by atoms with E-state index in [2.05, 4.69) is 10.0 Å². The van der Waals surface area contributed by atoms with Crippen LogP contribution in [0.1, 0.15) is 37.5 Å². The van der Waals surface area contributed by atoms with Gasteiger partial charge in [0.2, 0.25) is 15.9 Å². The Bertz CT molecular complexity index is 933. The van der Waals surface area contributed by atoms with Crippen LogP contribution < -0.4 is 14.8 Å². The second-order valence-corrected chi connectivity index (χ2v) is 8.33. The van der Waals surface area contributed by atoms with Crippen molar-refractivity contribution in [2.75, 3.05) is 12.4 Å². The number of carbonyl (C=O) groups is 1. The zero-order valence-corrected chi connectivity index (χ0v) is 17.8. The maximum atomic E-state index is 12.8. The van der Waals surface area contributed by atoms with Crippen LogP contribution in [0.15, 0.2) is 41.3 Å². The molecular weight excluding hydrogens is 376 g/mol. The Kier molecular flexibility index (Phi) is 7.21. The SMILES string of the molecule is CCc1cccc(CC)c1NC(=O)[C@@H](C)NS(=O)(=O)c1cc(C)ccc1OC. The molecule has 2 N–H and O–H groups in total. The van der Waals surface area contributed by atoms with Crippen LogP contribution >= 0.6 is 0 Å². The summed E-state index contributed by atoms with van der Waals surface area (Å²) in [6, 6.07) is 9.81. The van der Waals surface area contributed by atoms with Crippen LogP contribution in [0, 0.1) is 6.92 Å². The van der Waals surface area contributed by atoms with Gasteiger partial charge in [-0.2, -0.15) is 4.72 Å². The normalized spacial score (nSPS) is 12.5. The summed E-state index contributed by atoms with van der Waals surface area (Å²) in [5.74, 6) is -0.180. The van der Waals surface area contributed by atoms with E-state index in [1.54, 1.807) is 19.1 Å². The van der Waals surface area contributed by atoms with Gasteiger partial charge in [-0.25, -0.2) is 8.42 Å². The lowest BCUT2D eigenvalue weighted by Crippen LogP contribution is -2.41. The number of anilines is 1. The third-order valence-corrected chi connectivity index (χ3v) is 6.14. The molecule has 0 saturated heterocycles. The first-order valence-corrected chi connectivity index (χ1v) is 10.8. The van der Waals surface area contributed by atoms with E-state index in [4.69, 9.17) is 4.74 Å². The molecule has 0 heterocycles. The van der Waals surface area contributed by atoms with Gasteiger partial charge in [0, 0.05) is 5.69 Å². The molecule has 0 aromatic heterocycles. The molecule has 28 heavy (non-hydrogen) atoms. The third kappa shape index (κ3) is 4.91. The number of aryl methyl sites for hydroxylation is 3. The van der Waals surface area contributed by atoms with E-state index in [9.17, 15) is 13.2 Å². The number of carbonyl (C=O) groups excluding carboxylic acids is 1. The average Bonchev–Trinajstić information content (AvgIpc) is 2.67. The van der Waals surface area contributed by atoms with E-state index in [0.717, 1.165) is 35.2 Å². The quantitative estimate of drug-likeness (QED) is 0.706. The zero-order chi connectivity index (χ0) is 20.9. The third-order valence-electron chi connectivity index (χ3n) is 4.58. The highest BCUT2D eigenvalue weighted by atomic mass is 32.2. The molecule has 1 atom stereocenters. The predicted octanol–water partition coefficient (Wildman–Crippen LogP) is 3.43. The van der Waals surface area contributed by atoms with Crippen molar-refractivity contribution >= 4 is 21.6 Å². The lowest BCUT2D eigenvalue weighted by molar-refractivity contribution is -0.117. The highest BCUT2D eigenvalue weighted by Gasteiger charge is 2.26. The Hall–Kier alpha value is -2.38.